The van der Waals surface area contributed by atoms with Crippen molar-refractivity contribution in [1.29, 1.82) is 5.26 Å². The quantitative estimate of drug-likeness (QED) is 0.715. The molecule has 0 saturated heterocycles. The van der Waals surface area contributed by atoms with Crippen LogP contribution in [0.4, 0.5) is 0 Å². The van der Waals surface area contributed by atoms with Crippen LogP contribution in [-0.4, -0.2) is 0 Å². The van der Waals surface area contributed by atoms with Crippen molar-refractivity contribution >= 4 is 15.9 Å². The van der Waals surface area contributed by atoms with Gasteiger partial charge >= 0.3 is 0 Å². The van der Waals surface area contributed by atoms with Crippen LogP contribution in [0, 0.1) is 11.3 Å². The first-order valence-corrected chi connectivity index (χ1v) is 4.80. The maximum absolute atomic E-state index is 8.64. The van der Waals surface area contributed by atoms with Gasteiger partial charge in [-0.1, -0.05) is 22.0 Å². The zero-order valence-electron chi connectivity index (χ0n) is 6.55. The lowest BCUT2D eigenvalue weighted by Crippen LogP contribution is -1.83. The summed E-state index contributed by atoms with van der Waals surface area (Å²) in [5.41, 5.74) is 2.08. The Morgan fingerprint density at radius 1 is 1.42 bits per heavy atom. The molecule has 0 radical (unpaired) electrons. The van der Waals surface area contributed by atoms with Crippen LogP contribution in [0.25, 0.3) is 0 Å². The van der Waals surface area contributed by atoms with Gasteiger partial charge in [-0.05, 0) is 36.5 Å². The summed E-state index contributed by atoms with van der Waals surface area (Å²) in [6.07, 6.45) is 2.59. The maximum atomic E-state index is 8.64. The van der Waals surface area contributed by atoms with E-state index in [2.05, 4.69) is 28.1 Å². The monoisotopic (exact) mass is 221 g/mol. The molecule has 1 aliphatic carbocycles. The average Bonchev–Trinajstić information content (AvgIpc) is 2.87. The first-order valence-electron chi connectivity index (χ1n) is 4.01. The van der Waals surface area contributed by atoms with Crippen LogP contribution < -0.4 is 0 Å². The lowest BCUT2D eigenvalue weighted by Gasteiger charge is -2.01. The molecule has 1 fully saturated rings. The van der Waals surface area contributed by atoms with E-state index in [0.717, 1.165) is 16.0 Å². The Bertz CT molecular complexity index is 347. The third-order valence-electron chi connectivity index (χ3n) is 2.15. The molecule has 1 aromatic carbocycles. The maximum Gasteiger partial charge on any atom is 0.0992 e. The number of halogens is 1. The van der Waals surface area contributed by atoms with Crippen LogP contribution in [-0.2, 0) is 0 Å². The van der Waals surface area contributed by atoms with Gasteiger partial charge in [-0.3, -0.25) is 0 Å². The van der Waals surface area contributed by atoms with Gasteiger partial charge in [0.2, 0.25) is 0 Å². The van der Waals surface area contributed by atoms with E-state index in [1.54, 1.807) is 0 Å². The van der Waals surface area contributed by atoms with Gasteiger partial charge in [0.1, 0.15) is 0 Å². The van der Waals surface area contributed by atoms with Gasteiger partial charge in [0.15, 0.2) is 0 Å². The highest BCUT2D eigenvalue weighted by atomic mass is 79.9. The summed E-state index contributed by atoms with van der Waals surface area (Å²) >= 11 is 3.48. The molecule has 12 heavy (non-hydrogen) atoms. The smallest absolute Gasteiger partial charge is 0.0992 e. The topological polar surface area (TPSA) is 23.8 Å². The van der Waals surface area contributed by atoms with Crippen molar-refractivity contribution in [2.45, 2.75) is 18.8 Å². The molecule has 1 nitrogen and oxygen atoms in total. The van der Waals surface area contributed by atoms with Gasteiger partial charge in [-0.25, -0.2) is 0 Å². The van der Waals surface area contributed by atoms with E-state index in [-0.39, 0.29) is 0 Å². The first-order chi connectivity index (χ1) is 5.81. The SMILES string of the molecule is N#Cc1ccc(C2CC2)c(Br)c1. The average molecular weight is 222 g/mol. The van der Waals surface area contributed by atoms with Crippen LogP contribution in [0.5, 0.6) is 0 Å². The molecule has 0 bridgehead atoms. The first kappa shape index (κ1) is 7.82. The largest absolute Gasteiger partial charge is 0.192 e. The Morgan fingerprint density at radius 2 is 2.17 bits per heavy atom. The molecule has 0 atom stereocenters. The normalized spacial score (nSPS) is 15.7. The van der Waals surface area contributed by atoms with Crippen molar-refractivity contribution < 1.29 is 0 Å². The molecular weight excluding hydrogens is 214 g/mol. The van der Waals surface area contributed by atoms with Gasteiger partial charge in [-0.15, -0.1) is 0 Å². The van der Waals surface area contributed by atoms with Crippen LogP contribution in [0.1, 0.15) is 29.9 Å². The molecule has 0 N–H and O–H groups in total. The van der Waals surface area contributed by atoms with E-state index in [1.807, 2.05) is 12.1 Å². The van der Waals surface area contributed by atoms with E-state index in [4.69, 9.17) is 5.26 Å². The number of rotatable bonds is 1. The Labute approximate surface area is 80.1 Å². The van der Waals surface area contributed by atoms with Crippen molar-refractivity contribution in [3.63, 3.8) is 0 Å². The fraction of sp³-hybridized carbons (Fsp3) is 0.300. The number of nitriles is 1. The molecule has 0 spiro atoms. The van der Waals surface area contributed by atoms with Crippen LogP contribution >= 0.6 is 15.9 Å². The molecule has 60 valence electrons. The molecule has 0 heterocycles. The summed E-state index contributed by atoms with van der Waals surface area (Å²) in [5, 5.41) is 8.64. The second-order valence-corrected chi connectivity index (χ2v) is 3.98. The Hall–Kier alpha value is -0.810. The zero-order chi connectivity index (χ0) is 8.55. The summed E-state index contributed by atoms with van der Waals surface area (Å²) in [5.74, 6) is 0.743. The van der Waals surface area contributed by atoms with Gasteiger partial charge in [0, 0.05) is 4.47 Å². The Morgan fingerprint density at radius 3 is 2.67 bits per heavy atom. The summed E-state index contributed by atoms with van der Waals surface area (Å²) in [6, 6.07) is 7.96. The lowest BCUT2D eigenvalue weighted by molar-refractivity contribution is 1.11. The molecule has 2 heteroatoms. The molecule has 1 aromatic rings. The summed E-state index contributed by atoms with van der Waals surface area (Å²) in [4.78, 5) is 0. The van der Waals surface area contributed by atoms with Crippen molar-refractivity contribution in [3.05, 3.63) is 33.8 Å². The number of benzene rings is 1. The van der Waals surface area contributed by atoms with Crippen molar-refractivity contribution in [2.75, 3.05) is 0 Å². The number of hydrogen-bond acceptors (Lipinski definition) is 1. The molecule has 1 saturated carbocycles. The van der Waals surface area contributed by atoms with Crippen LogP contribution in [0.15, 0.2) is 22.7 Å². The molecule has 1 aliphatic rings. The minimum atomic E-state index is 0.728. The molecular formula is C10H8BrN. The van der Waals surface area contributed by atoms with E-state index in [9.17, 15) is 0 Å². The fourth-order valence-corrected chi connectivity index (χ4v) is 2.02. The van der Waals surface area contributed by atoms with E-state index < -0.39 is 0 Å². The van der Waals surface area contributed by atoms with Gasteiger partial charge in [-0.2, -0.15) is 5.26 Å². The highest BCUT2D eigenvalue weighted by Gasteiger charge is 2.25. The number of hydrogen-bond donors (Lipinski definition) is 0. The van der Waals surface area contributed by atoms with Crippen LogP contribution in [0.2, 0.25) is 0 Å². The minimum absolute atomic E-state index is 0.728. The second kappa shape index (κ2) is 2.91. The van der Waals surface area contributed by atoms with Gasteiger partial charge in [0.05, 0.1) is 11.6 Å². The third kappa shape index (κ3) is 1.37. The molecule has 0 aliphatic heterocycles. The lowest BCUT2D eigenvalue weighted by atomic mass is 10.1. The summed E-state index contributed by atoms with van der Waals surface area (Å²) in [6.45, 7) is 0. The molecule has 2 rings (SSSR count). The van der Waals surface area contributed by atoms with Crippen molar-refractivity contribution in [3.8, 4) is 6.07 Å². The molecule has 0 unspecified atom stereocenters. The minimum Gasteiger partial charge on any atom is -0.192 e. The van der Waals surface area contributed by atoms with Crippen molar-refractivity contribution in [1.82, 2.24) is 0 Å². The third-order valence-corrected chi connectivity index (χ3v) is 2.83. The Kier molecular flexibility index (Phi) is 1.90. The molecule has 0 aromatic heterocycles. The van der Waals surface area contributed by atoms with E-state index in [0.29, 0.717) is 0 Å². The predicted molar refractivity (Wildman–Crippen MR) is 50.8 cm³/mol. The molecule has 0 amide bonds. The van der Waals surface area contributed by atoms with E-state index >= 15 is 0 Å². The highest BCUT2D eigenvalue weighted by molar-refractivity contribution is 9.10. The summed E-state index contributed by atoms with van der Waals surface area (Å²) in [7, 11) is 0. The number of nitrogens with zero attached hydrogens (tertiary/aromatic N) is 1. The highest BCUT2D eigenvalue weighted by Crippen LogP contribution is 2.43. The Balaban J connectivity index is 2.40. The predicted octanol–water partition coefficient (Wildman–Crippen LogP) is 3.20. The van der Waals surface area contributed by atoms with Crippen molar-refractivity contribution in [2.24, 2.45) is 0 Å². The zero-order valence-corrected chi connectivity index (χ0v) is 8.13. The summed E-state index contributed by atoms with van der Waals surface area (Å²) < 4.78 is 1.09. The second-order valence-electron chi connectivity index (χ2n) is 3.12. The standard InChI is InChI=1S/C10H8BrN/c11-10-5-7(6-12)1-4-9(10)8-2-3-8/h1,4-5,8H,2-3H2. The van der Waals surface area contributed by atoms with Gasteiger partial charge < -0.3 is 0 Å². The van der Waals surface area contributed by atoms with E-state index in [1.165, 1.54) is 18.4 Å². The van der Waals surface area contributed by atoms with Gasteiger partial charge in [0.25, 0.3) is 0 Å². The fourth-order valence-electron chi connectivity index (χ4n) is 1.32. The van der Waals surface area contributed by atoms with Crippen LogP contribution in [0.3, 0.4) is 0 Å².